The van der Waals surface area contributed by atoms with E-state index in [-0.39, 0.29) is 6.04 Å². The molecule has 100 valence electrons. The van der Waals surface area contributed by atoms with Gasteiger partial charge in [0.05, 0.1) is 0 Å². The van der Waals surface area contributed by atoms with Crippen LogP contribution in [-0.4, -0.2) is 16.7 Å². The molecule has 0 amide bonds. The van der Waals surface area contributed by atoms with E-state index in [0.29, 0.717) is 17.7 Å². The highest BCUT2D eigenvalue weighted by Crippen LogP contribution is 2.35. The summed E-state index contributed by atoms with van der Waals surface area (Å²) >= 11 is 0. The average molecular weight is 257 g/mol. The van der Waals surface area contributed by atoms with Gasteiger partial charge in [0.2, 0.25) is 11.8 Å². The van der Waals surface area contributed by atoms with Crippen LogP contribution < -0.4 is 4.90 Å². The summed E-state index contributed by atoms with van der Waals surface area (Å²) in [6.45, 7) is 7.27. The number of para-hydroxylation sites is 1. The van der Waals surface area contributed by atoms with Crippen molar-refractivity contribution in [2.75, 3.05) is 11.4 Å². The van der Waals surface area contributed by atoms with E-state index in [2.05, 4.69) is 53.2 Å². The fraction of sp³-hybridized carbons (Fsp3) is 0.467. The van der Waals surface area contributed by atoms with E-state index in [9.17, 15) is 0 Å². The fourth-order valence-electron chi connectivity index (χ4n) is 2.82. The SMILES string of the molecule is Cc1nnc(C(C)N2CC(C)Cc3ccccc32)o1. The summed E-state index contributed by atoms with van der Waals surface area (Å²) in [5.74, 6) is 1.96. The van der Waals surface area contributed by atoms with Gasteiger partial charge in [0.1, 0.15) is 6.04 Å². The van der Waals surface area contributed by atoms with Crippen LogP contribution in [0.2, 0.25) is 0 Å². The number of aryl methyl sites for hydroxylation is 1. The van der Waals surface area contributed by atoms with Gasteiger partial charge < -0.3 is 9.32 Å². The molecule has 2 atom stereocenters. The van der Waals surface area contributed by atoms with Gasteiger partial charge in [-0.15, -0.1) is 10.2 Å². The molecule has 0 bridgehead atoms. The summed E-state index contributed by atoms with van der Waals surface area (Å²) in [5, 5.41) is 8.09. The first kappa shape index (κ1) is 12.2. The molecule has 2 aromatic rings. The van der Waals surface area contributed by atoms with Crippen LogP contribution in [-0.2, 0) is 6.42 Å². The third-order valence-electron chi connectivity index (χ3n) is 3.74. The molecule has 1 aliphatic heterocycles. The minimum atomic E-state index is 0.116. The first-order chi connectivity index (χ1) is 9.15. The summed E-state index contributed by atoms with van der Waals surface area (Å²) in [7, 11) is 0. The van der Waals surface area contributed by atoms with E-state index in [0.717, 1.165) is 13.0 Å². The number of nitrogens with zero attached hydrogens (tertiary/aromatic N) is 3. The number of anilines is 1. The van der Waals surface area contributed by atoms with Crippen molar-refractivity contribution >= 4 is 5.69 Å². The molecule has 0 saturated heterocycles. The molecule has 0 N–H and O–H groups in total. The fourth-order valence-corrected chi connectivity index (χ4v) is 2.82. The minimum absolute atomic E-state index is 0.116. The van der Waals surface area contributed by atoms with Crippen molar-refractivity contribution in [1.82, 2.24) is 10.2 Å². The highest BCUT2D eigenvalue weighted by molar-refractivity contribution is 5.56. The largest absolute Gasteiger partial charge is 0.423 e. The lowest BCUT2D eigenvalue weighted by Gasteiger charge is -2.37. The van der Waals surface area contributed by atoms with Crippen LogP contribution in [0.15, 0.2) is 28.7 Å². The smallest absolute Gasteiger partial charge is 0.238 e. The van der Waals surface area contributed by atoms with Gasteiger partial charge >= 0.3 is 0 Å². The second-order valence-electron chi connectivity index (χ2n) is 5.43. The van der Waals surface area contributed by atoms with Crippen molar-refractivity contribution < 1.29 is 4.42 Å². The average Bonchev–Trinajstić information content (AvgIpc) is 2.83. The molecule has 19 heavy (non-hydrogen) atoms. The van der Waals surface area contributed by atoms with Gasteiger partial charge in [-0.05, 0) is 30.9 Å². The lowest BCUT2D eigenvalue weighted by molar-refractivity contribution is 0.408. The van der Waals surface area contributed by atoms with Crippen LogP contribution >= 0.6 is 0 Å². The van der Waals surface area contributed by atoms with Gasteiger partial charge in [0.25, 0.3) is 0 Å². The number of hydrogen-bond acceptors (Lipinski definition) is 4. The monoisotopic (exact) mass is 257 g/mol. The van der Waals surface area contributed by atoms with Crippen LogP contribution in [0.25, 0.3) is 0 Å². The van der Waals surface area contributed by atoms with Crippen molar-refractivity contribution in [2.24, 2.45) is 5.92 Å². The topological polar surface area (TPSA) is 42.2 Å². The first-order valence-corrected chi connectivity index (χ1v) is 6.79. The van der Waals surface area contributed by atoms with Crippen LogP contribution in [0, 0.1) is 12.8 Å². The molecule has 3 rings (SSSR count). The van der Waals surface area contributed by atoms with Crippen LogP contribution in [0.3, 0.4) is 0 Å². The molecule has 4 nitrogen and oxygen atoms in total. The number of rotatable bonds is 2. The Kier molecular flexibility index (Phi) is 3.01. The molecule has 1 aliphatic rings. The molecular weight excluding hydrogens is 238 g/mol. The van der Waals surface area contributed by atoms with Crippen molar-refractivity contribution in [2.45, 2.75) is 33.2 Å². The number of aromatic nitrogens is 2. The Labute approximate surface area is 113 Å². The van der Waals surface area contributed by atoms with Gasteiger partial charge in [0, 0.05) is 19.2 Å². The van der Waals surface area contributed by atoms with Crippen LogP contribution in [0.1, 0.15) is 37.2 Å². The molecule has 2 unspecified atom stereocenters. The molecule has 0 radical (unpaired) electrons. The predicted molar refractivity (Wildman–Crippen MR) is 74.1 cm³/mol. The summed E-state index contributed by atoms with van der Waals surface area (Å²) in [4.78, 5) is 2.37. The number of hydrogen-bond donors (Lipinski definition) is 0. The predicted octanol–water partition coefficient (Wildman–Crippen LogP) is 3.14. The van der Waals surface area contributed by atoms with E-state index >= 15 is 0 Å². The number of benzene rings is 1. The van der Waals surface area contributed by atoms with E-state index in [4.69, 9.17) is 4.42 Å². The van der Waals surface area contributed by atoms with Crippen LogP contribution in [0.4, 0.5) is 5.69 Å². The van der Waals surface area contributed by atoms with Crippen molar-refractivity contribution in [1.29, 1.82) is 0 Å². The third kappa shape index (κ3) is 2.23. The zero-order valence-electron chi connectivity index (χ0n) is 11.6. The van der Waals surface area contributed by atoms with E-state index < -0.39 is 0 Å². The number of fused-ring (bicyclic) bond motifs is 1. The van der Waals surface area contributed by atoms with E-state index in [1.54, 1.807) is 0 Å². The molecule has 0 fully saturated rings. The molecule has 1 aromatic carbocycles. The lowest BCUT2D eigenvalue weighted by atomic mass is 9.93. The highest BCUT2D eigenvalue weighted by atomic mass is 16.4. The maximum atomic E-state index is 5.58. The molecule has 2 heterocycles. The Hall–Kier alpha value is -1.84. The zero-order valence-corrected chi connectivity index (χ0v) is 11.6. The molecule has 0 saturated carbocycles. The Morgan fingerprint density at radius 3 is 2.84 bits per heavy atom. The normalized spacial score (nSPS) is 20.2. The van der Waals surface area contributed by atoms with Gasteiger partial charge in [-0.3, -0.25) is 0 Å². The molecular formula is C15H19N3O. The second kappa shape index (κ2) is 4.68. The molecule has 0 spiro atoms. The van der Waals surface area contributed by atoms with Gasteiger partial charge in [-0.1, -0.05) is 25.1 Å². The Morgan fingerprint density at radius 2 is 2.11 bits per heavy atom. The maximum Gasteiger partial charge on any atom is 0.238 e. The standard InChI is InChI=1S/C15H19N3O/c1-10-8-13-6-4-5-7-14(13)18(9-10)11(2)15-17-16-12(3)19-15/h4-7,10-11H,8-9H2,1-3H3. The zero-order chi connectivity index (χ0) is 13.4. The first-order valence-electron chi connectivity index (χ1n) is 6.79. The Morgan fingerprint density at radius 1 is 1.32 bits per heavy atom. The third-order valence-corrected chi connectivity index (χ3v) is 3.74. The van der Waals surface area contributed by atoms with Crippen molar-refractivity contribution in [3.63, 3.8) is 0 Å². The maximum absolute atomic E-state index is 5.58. The summed E-state index contributed by atoms with van der Waals surface area (Å²) < 4.78 is 5.58. The summed E-state index contributed by atoms with van der Waals surface area (Å²) in [6.07, 6.45) is 1.14. The minimum Gasteiger partial charge on any atom is -0.423 e. The Balaban J connectivity index is 1.96. The van der Waals surface area contributed by atoms with E-state index in [1.165, 1.54) is 11.3 Å². The highest BCUT2D eigenvalue weighted by Gasteiger charge is 2.28. The summed E-state index contributed by atoms with van der Waals surface area (Å²) in [6, 6.07) is 8.71. The molecule has 4 heteroatoms. The van der Waals surface area contributed by atoms with Gasteiger partial charge in [-0.2, -0.15) is 0 Å². The van der Waals surface area contributed by atoms with Crippen molar-refractivity contribution in [3.05, 3.63) is 41.6 Å². The van der Waals surface area contributed by atoms with Gasteiger partial charge in [-0.25, -0.2) is 0 Å². The Bertz CT molecular complexity index is 578. The van der Waals surface area contributed by atoms with Gasteiger partial charge in [0.15, 0.2) is 0 Å². The summed E-state index contributed by atoms with van der Waals surface area (Å²) in [5.41, 5.74) is 2.70. The van der Waals surface area contributed by atoms with Crippen molar-refractivity contribution in [3.8, 4) is 0 Å². The quantitative estimate of drug-likeness (QED) is 0.829. The molecule has 1 aromatic heterocycles. The molecule has 0 aliphatic carbocycles. The van der Waals surface area contributed by atoms with E-state index in [1.807, 2.05) is 6.92 Å². The van der Waals surface area contributed by atoms with Crippen LogP contribution in [0.5, 0.6) is 0 Å². The lowest BCUT2D eigenvalue weighted by Crippen LogP contribution is -2.36. The second-order valence-corrected chi connectivity index (χ2v) is 5.43.